The molecule has 1 rings (SSSR count). The van der Waals surface area contributed by atoms with E-state index in [0.717, 1.165) is 0 Å². The maximum absolute atomic E-state index is 11.9. The largest absolute Gasteiger partial charge is 0.480 e. The van der Waals surface area contributed by atoms with Crippen molar-refractivity contribution in [1.82, 2.24) is 0 Å². The normalized spacial score (nSPS) is 22.5. The van der Waals surface area contributed by atoms with Crippen LogP contribution in [0.5, 0.6) is 0 Å². The third-order valence-corrected chi connectivity index (χ3v) is 1.65. The van der Waals surface area contributed by atoms with Crippen LogP contribution in [0.2, 0.25) is 0 Å². The maximum Gasteiger partial charge on any atom is 0.409 e. The lowest BCUT2D eigenvalue weighted by atomic mass is 9.85. The van der Waals surface area contributed by atoms with Crippen molar-refractivity contribution in [3.05, 3.63) is 0 Å². The van der Waals surface area contributed by atoms with Crippen LogP contribution in [0.1, 0.15) is 0 Å². The molecule has 1 fully saturated rings. The van der Waals surface area contributed by atoms with Gasteiger partial charge in [-0.1, -0.05) is 0 Å². The highest BCUT2D eigenvalue weighted by Gasteiger charge is 2.65. The highest BCUT2D eigenvalue weighted by Crippen LogP contribution is 2.44. The first-order valence-electron chi connectivity index (χ1n) is 2.78. The molecule has 0 atom stereocenters. The van der Waals surface area contributed by atoms with Crippen molar-refractivity contribution >= 4 is 5.97 Å². The van der Waals surface area contributed by atoms with Crippen molar-refractivity contribution in [1.29, 1.82) is 0 Å². The van der Waals surface area contributed by atoms with Gasteiger partial charge in [-0.15, -0.1) is 0 Å². The first kappa shape index (κ1) is 8.32. The zero-order valence-electron chi connectivity index (χ0n) is 5.31. The van der Waals surface area contributed by atoms with Gasteiger partial charge in [-0.05, 0) is 0 Å². The number of alkyl halides is 3. The summed E-state index contributed by atoms with van der Waals surface area (Å²) < 4.78 is 40.1. The lowest BCUT2D eigenvalue weighted by molar-refractivity contribution is -0.295. The minimum Gasteiger partial charge on any atom is -0.480 e. The summed E-state index contributed by atoms with van der Waals surface area (Å²) in [5, 5.41) is 8.22. The third kappa shape index (κ3) is 0.973. The van der Waals surface area contributed by atoms with Crippen LogP contribution in [-0.2, 0) is 9.53 Å². The number of rotatable bonds is 1. The van der Waals surface area contributed by atoms with Gasteiger partial charge in [0.2, 0.25) is 5.41 Å². The molecular formula is C5H5F3O3. The zero-order valence-corrected chi connectivity index (χ0v) is 5.31. The van der Waals surface area contributed by atoms with Gasteiger partial charge in [-0.2, -0.15) is 13.2 Å². The Balaban J connectivity index is 2.85. The van der Waals surface area contributed by atoms with Crippen molar-refractivity contribution in [2.45, 2.75) is 6.18 Å². The molecule has 1 N–H and O–H groups in total. The molecule has 0 radical (unpaired) electrons. The molecule has 6 heteroatoms. The number of hydrogen-bond donors (Lipinski definition) is 1. The number of carboxylic acids is 1. The number of hydrogen-bond acceptors (Lipinski definition) is 2. The van der Waals surface area contributed by atoms with Gasteiger partial charge in [0, 0.05) is 0 Å². The molecule has 0 spiro atoms. The van der Waals surface area contributed by atoms with Gasteiger partial charge < -0.3 is 9.84 Å². The van der Waals surface area contributed by atoms with Gasteiger partial charge in [0.1, 0.15) is 0 Å². The molecular weight excluding hydrogens is 165 g/mol. The summed E-state index contributed by atoms with van der Waals surface area (Å²) in [4.78, 5) is 10.2. The van der Waals surface area contributed by atoms with Gasteiger partial charge in [-0.25, -0.2) is 0 Å². The number of carboxylic acid groups (broad SMARTS) is 1. The summed E-state index contributed by atoms with van der Waals surface area (Å²) in [5.74, 6) is -1.86. The van der Waals surface area contributed by atoms with E-state index in [4.69, 9.17) is 5.11 Å². The topological polar surface area (TPSA) is 46.5 Å². The van der Waals surface area contributed by atoms with Crippen molar-refractivity contribution in [3.63, 3.8) is 0 Å². The quantitative estimate of drug-likeness (QED) is 0.628. The fourth-order valence-corrected chi connectivity index (χ4v) is 0.715. The van der Waals surface area contributed by atoms with Crippen molar-refractivity contribution in [3.8, 4) is 0 Å². The van der Waals surface area contributed by atoms with Crippen LogP contribution in [-0.4, -0.2) is 30.5 Å². The SMILES string of the molecule is O=C(O)C1(C(F)(F)F)COC1. The van der Waals surface area contributed by atoms with Crippen LogP contribution in [0.25, 0.3) is 0 Å². The second kappa shape index (κ2) is 2.10. The van der Waals surface area contributed by atoms with E-state index >= 15 is 0 Å². The molecule has 0 saturated carbocycles. The molecule has 0 aromatic rings. The molecule has 0 aromatic carbocycles. The Kier molecular flexibility index (Phi) is 1.59. The Morgan fingerprint density at radius 3 is 1.91 bits per heavy atom. The van der Waals surface area contributed by atoms with E-state index in [0.29, 0.717) is 0 Å². The Morgan fingerprint density at radius 2 is 1.91 bits per heavy atom. The predicted molar refractivity (Wildman–Crippen MR) is 26.9 cm³/mol. The molecule has 11 heavy (non-hydrogen) atoms. The standard InChI is InChI=1S/C5H5F3O3/c6-5(7,8)4(3(9)10)1-11-2-4/h1-2H2,(H,9,10). The molecule has 1 aliphatic rings. The minimum atomic E-state index is -4.71. The first-order valence-corrected chi connectivity index (χ1v) is 2.78. The highest BCUT2D eigenvalue weighted by atomic mass is 19.4. The van der Waals surface area contributed by atoms with Gasteiger partial charge in [0.15, 0.2) is 0 Å². The number of aliphatic carboxylic acids is 1. The summed E-state index contributed by atoms with van der Waals surface area (Å²) in [6.45, 7) is -1.54. The lowest BCUT2D eigenvalue weighted by Crippen LogP contribution is -2.58. The van der Waals surface area contributed by atoms with Gasteiger partial charge in [-0.3, -0.25) is 4.79 Å². The monoisotopic (exact) mass is 170 g/mol. The predicted octanol–water partition coefficient (Wildman–Crippen LogP) is 0.650. The van der Waals surface area contributed by atoms with Crippen molar-refractivity contribution in [2.24, 2.45) is 5.41 Å². The van der Waals surface area contributed by atoms with E-state index in [1.165, 1.54) is 0 Å². The molecule has 1 saturated heterocycles. The first-order chi connectivity index (χ1) is 4.90. The lowest BCUT2D eigenvalue weighted by Gasteiger charge is -2.38. The van der Waals surface area contributed by atoms with E-state index in [9.17, 15) is 18.0 Å². The van der Waals surface area contributed by atoms with Crippen LogP contribution in [0.15, 0.2) is 0 Å². The number of halogens is 3. The summed E-state index contributed by atoms with van der Waals surface area (Å²) in [7, 11) is 0. The molecule has 0 amide bonds. The van der Waals surface area contributed by atoms with E-state index in [1.807, 2.05) is 0 Å². The number of carbonyl (C=O) groups is 1. The summed E-state index contributed by atoms with van der Waals surface area (Å²) in [6, 6.07) is 0. The van der Waals surface area contributed by atoms with Crippen LogP contribution >= 0.6 is 0 Å². The van der Waals surface area contributed by atoms with E-state index in [1.54, 1.807) is 0 Å². The Bertz CT molecular complexity index is 182. The van der Waals surface area contributed by atoms with Crippen LogP contribution < -0.4 is 0 Å². The highest BCUT2D eigenvalue weighted by molar-refractivity contribution is 5.77. The fourth-order valence-electron chi connectivity index (χ4n) is 0.715. The molecule has 1 aliphatic heterocycles. The van der Waals surface area contributed by atoms with Crippen molar-refractivity contribution in [2.75, 3.05) is 13.2 Å². The average Bonchev–Trinajstić information content (AvgIpc) is 1.52. The van der Waals surface area contributed by atoms with Gasteiger partial charge in [0.25, 0.3) is 0 Å². The summed E-state index contributed by atoms with van der Waals surface area (Å²) in [5.41, 5.74) is -2.65. The number of ether oxygens (including phenoxy) is 1. The van der Waals surface area contributed by atoms with E-state index in [2.05, 4.69) is 4.74 Å². The average molecular weight is 170 g/mol. The molecule has 0 aromatic heterocycles. The second-order valence-electron chi connectivity index (χ2n) is 2.38. The summed E-state index contributed by atoms with van der Waals surface area (Å²) in [6.07, 6.45) is -4.71. The molecule has 1 heterocycles. The van der Waals surface area contributed by atoms with Crippen molar-refractivity contribution < 1.29 is 27.8 Å². The van der Waals surface area contributed by atoms with E-state index < -0.39 is 30.8 Å². The molecule has 64 valence electrons. The Morgan fingerprint density at radius 1 is 1.45 bits per heavy atom. The Hall–Kier alpha value is -0.780. The second-order valence-corrected chi connectivity index (χ2v) is 2.38. The van der Waals surface area contributed by atoms with Gasteiger partial charge in [0.05, 0.1) is 13.2 Å². The molecule has 0 aliphatic carbocycles. The molecule has 0 bridgehead atoms. The van der Waals surface area contributed by atoms with Crippen LogP contribution in [0.3, 0.4) is 0 Å². The summed E-state index contributed by atoms with van der Waals surface area (Å²) >= 11 is 0. The van der Waals surface area contributed by atoms with E-state index in [-0.39, 0.29) is 0 Å². The smallest absolute Gasteiger partial charge is 0.409 e. The zero-order chi connectivity index (χ0) is 8.70. The minimum absolute atomic E-state index is 0.772. The fraction of sp³-hybridized carbons (Fsp3) is 0.800. The maximum atomic E-state index is 11.9. The molecule has 0 unspecified atom stereocenters. The third-order valence-electron chi connectivity index (χ3n) is 1.65. The Labute approximate surface area is 59.8 Å². The van der Waals surface area contributed by atoms with Crippen LogP contribution in [0.4, 0.5) is 13.2 Å². The van der Waals surface area contributed by atoms with Crippen LogP contribution in [0, 0.1) is 5.41 Å². The van der Waals surface area contributed by atoms with Gasteiger partial charge >= 0.3 is 12.1 Å². The molecule has 3 nitrogen and oxygen atoms in total.